The van der Waals surface area contributed by atoms with Crippen LogP contribution in [0.25, 0.3) is 0 Å². The summed E-state index contributed by atoms with van der Waals surface area (Å²) in [5.41, 5.74) is 1.92. The molecule has 12 heteroatoms. The van der Waals surface area contributed by atoms with Gasteiger partial charge in [0.25, 0.3) is 5.91 Å². The Kier molecular flexibility index (Phi) is 14.1. The number of unbranched alkanes of at least 4 members (excludes halogenated alkanes) is 1. The summed E-state index contributed by atoms with van der Waals surface area (Å²) in [6.45, 7) is 6.09. The molecule has 0 bridgehead atoms. The van der Waals surface area contributed by atoms with E-state index in [4.69, 9.17) is 4.74 Å². The third-order valence-electron chi connectivity index (χ3n) is 7.47. The number of hydrogen-bond acceptors (Lipinski definition) is 6. The van der Waals surface area contributed by atoms with Gasteiger partial charge in [0, 0.05) is 29.5 Å². The first-order valence-corrected chi connectivity index (χ1v) is 17.5. The summed E-state index contributed by atoms with van der Waals surface area (Å²) in [7, 11) is -2.37. The van der Waals surface area contributed by atoms with Crippen LogP contribution >= 0.6 is 0 Å². The van der Waals surface area contributed by atoms with E-state index in [0.29, 0.717) is 42.8 Å². The molecule has 0 aliphatic rings. The molecule has 47 heavy (non-hydrogen) atoms. The van der Waals surface area contributed by atoms with Gasteiger partial charge in [0.15, 0.2) is 0 Å². The van der Waals surface area contributed by atoms with Gasteiger partial charge in [-0.1, -0.05) is 63.6 Å². The van der Waals surface area contributed by atoms with Crippen molar-refractivity contribution < 1.29 is 32.6 Å². The SMILES string of the molecule is CCCCN(C(=O)O)c1cccc(C(=O)NC(CC(C)C)C(=O)NC(CCc2ccccc2)CS(=O)(=O)Nc2ccc(OC)cc2)c1. The summed E-state index contributed by atoms with van der Waals surface area (Å²) in [4.78, 5) is 40.2. The van der Waals surface area contributed by atoms with E-state index in [0.717, 1.165) is 12.0 Å². The molecule has 0 fully saturated rings. The molecule has 3 aromatic carbocycles. The lowest BCUT2D eigenvalue weighted by Gasteiger charge is -2.25. The highest BCUT2D eigenvalue weighted by atomic mass is 32.2. The number of methoxy groups -OCH3 is 1. The van der Waals surface area contributed by atoms with Crippen LogP contribution in [0.4, 0.5) is 16.2 Å². The summed E-state index contributed by atoms with van der Waals surface area (Å²) >= 11 is 0. The van der Waals surface area contributed by atoms with E-state index in [1.54, 1.807) is 42.5 Å². The van der Waals surface area contributed by atoms with Crippen LogP contribution in [-0.4, -0.2) is 62.9 Å². The number of ether oxygens (including phenoxy) is 1. The fraction of sp³-hybridized carbons (Fsp3) is 0.400. The van der Waals surface area contributed by atoms with Crippen molar-refractivity contribution >= 4 is 39.3 Å². The highest BCUT2D eigenvalue weighted by Crippen LogP contribution is 2.19. The number of rotatable bonds is 18. The Hall–Kier alpha value is -4.58. The van der Waals surface area contributed by atoms with E-state index in [-0.39, 0.29) is 23.8 Å². The van der Waals surface area contributed by atoms with E-state index in [1.807, 2.05) is 51.1 Å². The van der Waals surface area contributed by atoms with E-state index >= 15 is 0 Å². The van der Waals surface area contributed by atoms with Gasteiger partial charge < -0.3 is 20.5 Å². The van der Waals surface area contributed by atoms with Crippen LogP contribution in [0.1, 0.15) is 62.4 Å². The first-order chi connectivity index (χ1) is 22.4. The topological polar surface area (TPSA) is 154 Å². The maximum Gasteiger partial charge on any atom is 0.411 e. The van der Waals surface area contributed by atoms with Crippen molar-refractivity contribution in [1.82, 2.24) is 10.6 Å². The smallest absolute Gasteiger partial charge is 0.411 e. The third kappa shape index (κ3) is 12.3. The average Bonchev–Trinajstić information content (AvgIpc) is 3.03. The minimum Gasteiger partial charge on any atom is -0.497 e. The number of nitrogens with zero attached hydrogens (tertiary/aromatic N) is 1. The highest BCUT2D eigenvalue weighted by Gasteiger charge is 2.28. The van der Waals surface area contributed by atoms with E-state index < -0.39 is 40.0 Å². The number of sulfonamides is 1. The molecule has 0 heterocycles. The van der Waals surface area contributed by atoms with Crippen molar-refractivity contribution in [2.75, 3.05) is 29.0 Å². The van der Waals surface area contributed by atoms with Crippen LogP contribution in [0.5, 0.6) is 5.75 Å². The first kappa shape index (κ1) is 36.9. The van der Waals surface area contributed by atoms with Gasteiger partial charge in [0.05, 0.1) is 12.9 Å². The lowest BCUT2D eigenvalue weighted by Crippen LogP contribution is -2.52. The maximum atomic E-state index is 13.7. The lowest BCUT2D eigenvalue weighted by atomic mass is 10.0. The van der Waals surface area contributed by atoms with Crippen LogP contribution < -0.4 is 25.0 Å². The summed E-state index contributed by atoms with van der Waals surface area (Å²) in [6, 6.07) is 20.6. The zero-order valence-electron chi connectivity index (χ0n) is 27.4. The first-order valence-electron chi connectivity index (χ1n) is 15.8. The molecule has 3 rings (SSSR count). The fourth-order valence-corrected chi connectivity index (χ4v) is 6.40. The molecular formula is C35H46N4O7S. The summed E-state index contributed by atoms with van der Waals surface area (Å²) < 4.78 is 34.2. The molecule has 0 aliphatic heterocycles. The summed E-state index contributed by atoms with van der Waals surface area (Å²) in [6.07, 6.45) is 1.52. The van der Waals surface area contributed by atoms with Crippen molar-refractivity contribution in [1.29, 1.82) is 0 Å². The van der Waals surface area contributed by atoms with Gasteiger partial charge in [0.1, 0.15) is 11.8 Å². The average molecular weight is 667 g/mol. The Bertz CT molecular complexity index is 1560. The Labute approximate surface area is 277 Å². The number of nitrogens with one attached hydrogen (secondary N) is 3. The number of hydrogen-bond donors (Lipinski definition) is 4. The van der Waals surface area contributed by atoms with Gasteiger partial charge in [-0.05, 0) is 79.6 Å². The largest absolute Gasteiger partial charge is 0.497 e. The molecule has 0 aromatic heterocycles. The van der Waals surface area contributed by atoms with Crippen molar-refractivity contribution in [3.8, 4) is 5.75 Å². The second-order valence-electron chi connectivity index (χ2n) is 11.8. The Morgan fingerprint density at radius 3 is 2.26 bits per heavy atom. The van der Waals surface area contributed by atoms with Crippen molar-refractivity contribution in [3.63, 3.8) is 0 Å². The predicted octanol–water partition coefficient (Wildman–Crippen LogP) is 5.68. The monoisotopic (exact) mass is 666 g/mol. The molecule has 0 radical (unpaired) electrons. The second-order valence-corrected chi connectivity index (χ2v) is 13.6. The fourth-order valence-electron chi connectivity index (χ4n) is 5.04. The van der Waals surface area contributed by atoms with Gasteiger partial charge in [0.2, 0.25) is 15.9 Å². The summed E-state index contributed by atoms with van der Waals surface area (Å²) in [5, 5.41) is 15.4. The van der Waals surface area contributed by atoms with Crippen LogP contribution in [0.3, 0.4) is 0 Å². The Balaban J connectivity index is 1.80. The minimum absolute atomic E-state index is 0.0252. The number of aryl methyl sites for hydroxylation is 1. The van der Waals surface area contributed by atoms with Gasteiger partial charge in [-0.3, -0.25) is 19.2 Å². The minimum atomic E-state index is -3.89. The van der Waals surface area contributed by atoms with Crippen LogP contribution in [0.15, 0.2) is 78.9 Å². The molecular weight excluding hydrogens is 620 g/mol. The maximum absolute atomic E-state index is 13.7. The number of anilines is 2. The van der Waals surface area contributed by atoms with Gasteiger partial charge >= 0.3 is 6.09 Å². The highest BCUT2D eigenvalue weighted by molar-refractivity contribution is 7.92. The summed E-state index contributed by atoms with van der Waals surface area (Å²) in [5.74, 6) is -0.817. The van der Waals surface area contributed by atoms with Crippen LogP contribution in [0, 0.1) is 5.92 Å². The van der Waals surface area contributed by atoms with Gasteiger partial charge in [-0.2, -0.15) is 0 Å². The van der Waals surface area contributed by atoms with Crippen molar-refractivity contribution in [2.45, 2.75) is 65.0 Å². The molecule has 0 saturated heterocycles. The number of benzene rings is 3. The predicted molar refractivity (Wildman–Crippen MR) is 185 cm³/mol. The van der Waals surface area contributed by atoms with E-state index in [1.165, 1.54) is 18.1 Å². The number of carbonyl (C=O) groups excluding carboxylic acids is 2. The molecule has 0 aliphatic carbocycles. The molecule has 2 atom stereocenters. The number of carboxylic acid groups (broad SMARTS) is 1. The van der Waals surface area contributed by atoms with Crippen LogP contribution in [0.2, 0.25) is 0 Å². The Morgan fingerprint density at radius 1 is 0.936 bits per heavy atom. The molecule has 0 spiro atoms. The van der Waals surface area contributed by atoms with E-state index in [9.17, 15) is 27.9 Å². The van der Waals surface area contributed by atoms with Crippen molar-refractivity contribution in [2.24, 2.45) is 5.92 Å². The number of amides is 3. The molecule has 11 nitrogen and oxygen atoms in total. The normalized spacial score (nSPS) is 12.5. The standard InChI is InChI=1S/C35H46N4O7S/c1-5-6-21-39(35(42)43)30-14-10-13-27(23-30)33(40)37-32(22-25(2)3)34(41)36-29(16-15-26-11-8-7-9-12-26)24-47(44,45)38-28-17-19-31(46-4)20-18-28/h7-14,17-20,23,25,29,32,38H,5-6,15-16,21-22,24H2,1-4H3,(H,36,41)(H,37,40)(H,42,43). The molecule has 0 saturated carbocycles. The molecule has 2 unspecified atom stereocenters. The number of carbonyl (C=O) groups is 3. The van der Waals surface area contributed by atoms with Gasteiger partial charge in [-0.15, -0.1) is 0 Å². The zero-order valence-corrected chi connectivity index (χ0v) is 28.3. The molecule has 3 aromatic rings. The van der Waals surface area contributed by atoms with Gasteiger partial charge in [-0.25, -0.2) is 13.2 Å². The second kappa shape index (κ2) is 17.9. The van der Waals surface area contributed by atoms with Crippen molar-refractivity contribution in [3.05, 3.63) is 90.0 Å². The molecule has 3 amide bonds. The zero-order chi connectivity index (χ0) is 34.4. The lowest BCUT2D eigenvalue weighted by molar-refractivity contribution is -0.124. The van der Waals surface area contributed by atoms with E-state index in [2.05, 4.69) is 15.4 Å². The molecule has 254 valence electrons. The van der Waals surface area contributed by atoms with Crippen LogP contribution in [-0.2, 0) is 21.2 Å². The molecule has 4 N–H and O–H groups in total. The third-order valence-corrected chi connectivity index (χ3v) is 8.86. The quantitative estimate of drug-likeness (QED) is 0.136. The Morgan fingerprint density at radius 2 is 1.64 bits per heavy atom.